The predicted molar refractivity (Wildman–Crippen MR) is 89.5 cm³/mol. The molecule has 0 aromatic heterocycles. The van der Waals surface area contributed by atoms with Gasteiger partial charge in [-0.25, -0.2) is 0 Å². The summed E-state index contributed by atoms with van der Waals surface area (Å²) in [5.74, 6) is 5.50. The van der Waals surface area contributed by atoms with E-state index in [-0.39, 0.29) is 23.4 Å². The highest BCUT2D eigenvalue weighted by Crippen LogP contribution is 2.39. The van der Waals surface area contributed by atoms with E-state index in [4.69, 9.17) is 13.9 Å². The van der Waals surface area contributed by atoms with Gasteiger partial charge in [0.25, 0.3) is 0 Å². The molecule has 0 spiro atoms. The summed E-state index contributed by atoms with van der Waals surface area (Å²) < 4.78 is 18.4. The Morgan fingerprint density at radius 1 is 1.29 bits per heavy atom. The smallest absolute Gasteiger partial charge is 0.193 e. The Kier molecular flexibility index (Phi) is 5.49. The predicted octanol–water partition coefficient (Wildman–Crippen LogP) is 4.11. The molecule has 4 heteroatoms. The molecule has 3 atom stereocenters. The van der Waals surface area contributed by atoms with Crippen LogP contribution in [-0.4, -0.2) is 32.4 Å². The second-order valence-electron chi connectivity index (χ2n) is 7.49. The lowest BCUT2D eigenvalue weighted by Crippen LogP contribution is -2.48. The van der Waals surface area contributed by atoms with Gasteiger partial charge in [-0.1, -0.05) is 32.8 Å². The van der Waals surface area contributed by atoms with Crippen LogP contribution in [-0.2, 0) is 13.9 Å². The summed E-state index contributed by atoms with van der Waals surface area (Å²) in [5.41, 5.74) is 0. The van der Waals surface area contributed by atoms with Crippen LogP contribution in [0, 0.1) is 11.8 Å². The van der Waals surface area contributed by atoms with Crippen LogP contribution in [0.3, 0.4) is 0 Å². The molecule has 0 unspecified atom stereocenters. The van der Waals surface area contributed by atoms with E-state index in [9.17, 15) is 0 Å². The molecular weight excluding hydrogens is 280 g/mol. The molecule has 1 saturated heterocycles. The lowest BCUT2D eigenvalue weighted by atomic mass is 10.1. The van der Waals surface area contributed by atoms with E-state index in [1.807, 2.05) is 20.8 Å². The maximum Gasteiger partial charge on any atom is 0.193 e. The van der Waals surface area contributed by atoms with Gasteiger partial charge in [0.2, 0.25) is 0 Å². The van der Waals surface area contributed by atoms with Crippen LogP contribution >= 0.6 is 0 Å². The van der Waals surface area contributed by atoms with Crippen molar-refractivity contribution in [1.82, 2.24) is 0 Å². The fourth-order valence-electron chi connectivity index (χ4n) is 2.05. The zero-order valence-electron chi connectivity index (χ0n) is 14.7. The Hall–Kier alpha value is -0.603. The molecule has 0 N–H and O–H groups in total. The summed E-state index contributed by atoms with van der Waals surface area (Å²) in [6.45, 7) is 20.6. The fraction of sp³-hybridized carbons (Fsp3) is 0.765. The number of hydrogen-bond acceptors (Lipinski definition) is 3. The summed E-state index contributed by atoms with van der Waals surface area (Å²) in [4.78, 5) is 0. The third-order valence-electron chi connectivity index (χ3n) is 4.21. The van der Waals surface area contributed by atoms with Crippen molar-refractivity contribution < 1.29 is 13.9 Å². The third kappa shape index (κ3) is 4.43. The van der Waals surface area contributed by atoms with Gasteiger partial charge < -0.3 is 13.9 Å². The Balaban J connectivity index is 3.02. The van der Waals surface area contributed by atoms with Crippen LogP contribution in [0.15, 0.2) is 12.7 Å². The number of hydrogen-bond donors (Lipinski definition) is 0. The van der Waals surface area contributed by atoms with Gasteiger partial charge in [0.15, 0.2) is 14.1 Å². The first-order valence-electron chi connectivity index (χ1n) is 7.52. The monoisotopic (exact) mass is 310 g/mol. The highest BCUT2D eigenvalue weighted by Gasteiger charge is 2.47. The molecule has 0 amide bonds. The lowest BCUT2D eigenvalue weighted by Gasteiger charge is -2.39. The van der Waals surface area contributed by atoms with Crippen molar-refractivity contribution in [1.29, 1.82) is 0 Å². The van der Waals surface area contributed by atoms with Crippen molar-refractivity contribution >= 4 is 8.32 Å². The molecule has 0 bridgehead atoms. The topological polar surface area (TPSA) is 27.7 Å². The summed E-state index contributed by atoms with van der Waals surface area (Å²) in [6, 6.07) is 0. The lowest BCUT2D eigenvalue weighted by molar-refractivity contribution is -0.149. The van der Waals surface area contributed by atoms with Gasteiger partial charge >= 0.3 is 0 Å². The molecular formula is C17H30O3Si. The molecule has 0 radical (unpaired) electrons. The minimum atomic E-state index is -1.93. The second kappa shape index (κ2) is 6.25. The maximum absolute atomic E-state index is 6.46. The van der Waals surface area contributed by atoms with Gasteiger partial charge in [-0.15, -0.1) is 12.5 Å². The summed E-state index contributed by atoms with van der Waals surface area (Å²) in [5, 5.41) is 0.124. The molecule has 1 rings (SSSR count). The van der Waals surface area contributed by atoms with Crippen molar-refractivity contribution in [3.8, 4) is 11.8 Å². The van der Waals surface area contributed by atoms with Crippen molar-refractivity contribution in [2.75, 3.05) is 0 Å². The summed E-state index contributed by atoms with van der Waals surface area (Å²) in [6.07, 6.45) is 1.05. The van der Waals surface area contributed by atoms with E-state index in [1.54, 1.807) is 6.08 Å². The fourth-order valence-corrected chi connectivity index (χ4v) is 3.23. The normalized spacial score (nSPS) is 26.9. The molecule has 0 aromatic carbocycles. The zero-order valence-corrected chi connectivity index (χ0v) is 15.7. The highest BCUT2D eigenvalue weighted by atomic mass is 28.4. The third-order valence-corrected chi connectivity index (χ3v) is 8.66. The van der Waals surface area contributed by atoms with E-state index >= 15 is 0 Å². The molecule has 3 nitrogen and oxygen atoms in total. The van der Waals surface area contributed by atoms with E-state index < -0.39 is 14.1 Å². The summed E-state index contributed by atoms with van der Waals surface area (Å²) in [7, 11) is -1.93. The minimum Gasteiger partial charge on any atom is -0.401 e. The molecule has 0 saturated carbocycles. The van der Waals surface area contributed by atoms with E-state index in [1.165, 1.54) is 0 Å². The van der Waals surface area contributed by atoms with E-state index in [0.717, 1.165) is 0 Å². The largest absolute Gasteiger partial charge is 0.401 e. The molecule has 120 valence electrons. The molecule has 0 aromatic rings. The van der Waals surface area contributed by atoms with Crippen molar-refractivity contribution in [3.63, 3.8) is 0 Å². The van der Waals surface area contributed by atoms with Gasteiger partial charge in [-0.2, -0.15) is 0 Å². The average Bonchev–Trinajstić information content (AvgIpc) is 2.62. The van der Waals surface area contributed by atoms with Crippen molar-refractivity contribution in [2.45, 2.75) is 83.8 Å². The van der Waals surface area contributed by atoms with Crippen LogP contribution in [0.25, 0.3) is 0 Å². The van der Waals surface area contributed by atoms with Crippen LogP contribution in [0.5, 0.6) is 0 Å². The average molecular weight is 311 g/mol. The standard InChI is InChI=1S/C17H30O3Si/c1-10-12-14(20-21(8,9)16(3,4)5)15-13(11-2)18-17(6,7)19-15/h11,13-15H,2H2,1,3-9H3/t13-,14-,15-/m0/s1. The second-order valence-corrected chi connectivity index (χ2v) is 12.2. The van der Waals surface area contributed by atoms with Gasteiger partial charge in [0.1, 0.15) is 18.3 Å². The van der Waals surface area contributed by atoms with Gasteiger partial charge in [0, 0.05) is 0 Å². The van der Waals surface area contributed by atoms with E-state index in [2.05, 4.69) is 52.3 Å². The molecule has 21 heavy (non-hydrogen) atoms. The first kappa shape index (κ1) is 18.4. The van der Waals surface area contributed by atoms with Crippen LogP contribution in [0.2, 0.25) is 18.1 Å². The molecule has 1 fully saturated rings. The van der Waals surface area contributed by atoms with Gasteiger partial charge in [-0.05, 0) is 38.9 Å². The Labute approximate surface area is 131 Å². The Morgan fingerprint density at radius 2 is 1.86 bits per heavy atom. The van der Waals surface area contributed by atoms with Crippen LogP contribution in [0.1, 0.15) is 41.5 Å². The molecule has 1 heterocycles. The number of rotatable bonds is 4. The molecule has 1 aliphatic heterocycles. The van der Waals surface area contributed by atoms with Crippen molar-refractivity contribution in [2.24, 2.45) is 0 Å². The summed E-state index contributed by atoms with van der Waals surface area (Å²) >= 11 is 0. The Bertz CT molecular complexity index is 437. The Morgan fingerprint density at radius 3 is 2.29 bits per heavy atom. The van der Waals surface area contributed by atoms with Crippen molar-refractivity contribution in [3.05, 3.63) is 12.7 Å². The maximum atomic E-state index is 6.46. The van der Waals surface area contributed by atoms with Crippen LogP contribution in [0.4, 0.5) is 0 Å². The number of ether oxygens (including phenoxy) is 2. The SMILES string of the molecule is C=C[C@@H]1OC(C)(C)O[C@@H]1[C@H](C#CC)O[Si](C)(C)C(C)(C)C. The molecule has 0 aliphatic carbocycles. The van der Waals surface area contributed by atoms with Crippen LogP contribution < -0.4 is 0 Å². The zero-order chi connectivity index (χ0) is 16.5. The highest BCUT2D eigenvalue weighted by molar-refractivity contribution is 6.74. The minimum absolute atomic E-state index is 0.124. The first-order valence-corrected chi connectivity index (χ1v) is 10.4. The molecule has 1 aliphatic rings. The first-order chi connectivity index (χ1) is 9.43. The quantitative estimate of drug-likeness (QED) is 0.444. The van der Waals surface area contributed by atoms with E-state index in [0.29, 0.717) is 0 Å². The van der Waals surface area contributed by atoms with Gasteiger partial charge in [0.05, 0.1) is 0 Å². The van der Waals surface area contributed by atoms with Gasteiger partial charge in [-0.3, -0.25) is 0 Å².